The molecule has 0 radical (unpaired) electrons. The summed E-state index contributed by atoms with van der Waals surface area (Å²) < 4.78 is 17.6. The Kier molecular flexibility index (Phi) is 1.77. The fourth-order valence-corrected chi connectivity index (χ4v) is 1.07. The van der Waals surface area contributed by atoms with Gasteiger partial charge in [-0.3, -0.25) is 4.79 Å². The van der Waals surface area contributed by atoms with E-state index in [1.54, 1.807) is 0 Å². The highest BCUT2D eigenvalue weighted by molar-refractivity contribution is 6.67. The first-order chi connectivity index (χ1) is 6.16. The predicted molar refractivity (Wildman–Crippen MR) is 44.2 cm³/mol. The van der Waals surface area contributed by atoms with Gasteiger partial charge >= 0.3 is 5.24 Å². The van der Waals surface area contributed by atoms with Crippen LogP contribution in [0.15, 0.2) is 22.6 Å². The maximum Gasteiger partial charge on any atom is 0.307 e. The Hall–Kier alpha value is -1.42. The molecule has 1 aromatic carbocycles. The van der Waals surface area contributed by atoms with E-state index in [4.69, 9.17) is 16.0 Å². The number of oxazole rings is 1. The first-order valence-electron chi connectivity index (χ1n) is 3.43. The van der Waals surface area contributed by atoms with E-state index in [1.165, 1.54) is 18.2 Å². The van der Waals surface area contributed by atoms with Crippen molar-refractivity contribution in [2.75, 3.05) is 0 Å². The normalized spacial score (nSPS) is 10.6. The summed E-state index contributed by atoms with van der Waals surface area (Å²) in [5.41, 5.74) is 0.620. The van der Waals surface area contributed by atoms with Gasteiger partial charge in [-0.05, 0) is 23.7 Å². The molecular weight excluding hydrogens is 197 g/mol. The van der Waals surface area contributed by atoms with E-state index in [1.807, 2.05) is 0 Å². The standard InChI is InChI=1S/C8H3ClFNO2/c9-7(12)8-11-5-3-4(10)1-2-6(5)13-8/h1-3H. The average Bonchev–Trinajstić information content (AvgIpc) is 2.46. The summed E-state index contributed by atoms with van der Waals surface area (Å²) in [6, 6.07) is 3.78. The first-order valence-corrected chi connectivity index (χ1v) is 3.80. The molecule has 0 saturated heterocycles. The molecule has 66 valence electrons. The fourth-order valence-electron chi connectivity index (χ4n) is 0.985. The van der Waals surface area contributed by atoms with Gasteiger partial charge in [0.2, 0.25) is 0 Å². The summed E-state index contributed by atoms with van der Waals surface area (Å²) in [6.45, 7) is 0. The van der Waals surface area contributed by atoms with Gasteiger partial charge in [-0.1, -0.05) is 0 Å². The number of halogens is 2. The van der Waals surface area contributed by atoms with Crippen LogP contribution in [0.1, 0.15) is 10.7 Å². The van der Waals surface area contributed by atoms with Crippen LogP contribution >= 0.6 is 11.6 Å². The summed E-state index contributed by atoms with van der Waals surface area (Å²) in [5.74, 6) is -0.656. The van der Waals surface area contributed by atoms with Crippen LogP contribution in [0.5, 0.6) is 0 Å². The van der Waals surface area contributed by atoms with Crippen LogP contribution in [0, 0.1) is 5.82 Å². The second kappa shape index (κ2) is 2.81. The molecule has 1 heterocycles. The number of nitrogens with zero attached hydrogens (tertiary/aromatic N) is 1. The van der Waals surface area contributed by atoms with Crippen LogP contribution in [0.25, 0.3) is 11.1 Å². The van der Waals surface area contributed by atoms with Gasteiger partial charge in [0.05, 0.1) is 0 Å². The predicted octanol–water partition coefficient (Wildman–Crippen LogP) is 2.35. The maximum absolute atomic E-state index is 12.6. The molecule has 1 aromatic heterocycles. The van der Waals surface area contributed by atoms with Crippen LogP contribution in [-0.4, -0.2) is 10.2 Å². The molecule has 0 atom stereocenters. The van der Waals surface area contributed by atoms with E-state index in [0.29, 0.717) is 5.58 Å². The molecule has 0 N–H and O–H groups in total. The van der Waals surface area contributed by atoms with E-state index in [2.05, 4.69) is 4.98 Å². The van der Waals surface area contributed by atoms with Crippen molar-refractivity contribution in [3.05, 3.63) is 29.9 Å². The van der Waals surface area contributed by atoms with Crippen molar-refractivity contribution in [2.45, 2.75) is 0 Å². The summed E-state index contributed by atoms with van der Waals surface area (Å²) in [6.07, 6.45) is 0. The molecule has 0 unspecified atom stereocenters. The van der Waals surface area contributed by atoms with Crippen molar-refractivity contribution in [1.29, 1.82) is 0 Å². The molecule has 0 saturated carbocycles. The highest BCUT2D eigenvalue weighted by Gasteiger charge is 2.11. The number of rotatable bonds is 1. The quantitative estimate of drug-likeness (QED) is 0.662. The first kappa shape index (κ1) is 8.19. The van der Waals surface area contributed by atoms with Crippen molar-refractivity contribution < 1.29 is 13.6 Å². The van der Waals surface area contributed by atoms with Gasteiger partial charge in [0.1, 0.15) is 11.3 Å². The lowest BCUT2D eigenvalue weighted by atomic mass is 10.3. The lowest BCUT2D eigenvalue weighted by Crippen LogP contribution is -1.86. The van der Waals surface area contributed by atoms with Crippen LogP contribution < -0.4 is 0 Å². The van der Waals surface area contributed by atoms with Crippen molar-refractivity contribution in [3.63, 3.8) is 0 Å². The van der Waals surface area contributed by atoms with Crippen molar-refractivity contribution in [2.24, 2.45) is 0 Å². The molecule has 0 amide bonds. The number of aromatic nitrogens is 1. The number of carbonyl (C=O) groups is 1. The molecule has 0 aliphatic rings. The van der Waals surface area contributed by atoms with Crippen molar-refractivity contribution in [1.82, 2.24) is 4.98 Å². The molecule has 0 fully saturated rings. The van der Waals surface area contributed by atoms with Gasteiger partial charge in [-0.25, -0.2) is 9.37 Å². The second-order valence-electron chi connectivity index (χ2n) is 2.40. The smallest absolute Gasteiger partial charge is 0.307 e. The number of fused-ring (bicyclic) bond motifs is 1. The Morgan fingerprint density at radius 1 is 1.54 bits per heavy atom. The van der Waals surface area contributed by atoms with Gasteiger partial charge in [0, 0.05) is 6.07 Å². The zero-order valence-corrected chi connectivity index (χ0v) is 7.01. The highest BCUT2D eigenvalue weighted by atomic mass is 35.5. The summed E-state index contributed by atoms with van der Waals surface area (Å²) in [5, 5.41) is -0.795. The molecular formula is C8H3ClFNO2. The van der Waals surface area contributed by atoms with Crippen LogP contribution in [0.4, 0.5) is 4.39 Å². The molecule has 0 aliphatic heterocycles. The van der Waals surface area contributed by atoms with Crippen molar-refractivity contribution >= 4 is 27.9 Å². The minimum absolute atomic E-state index is 0.220. The fraction of sp³-hybridized carbons (Fsp3) is 0. The number of hydrogen-bond acceptors (Lipinski definition) is 3. The Morgan fingerprint density at radius 2 is 2.31 bits per heavy atom. The van der Waals surface area contributed by atoms with Crippen LogP contribution in [0.3, 0.4) is 0 Å². The summed E-state index contributed by atoms with van der Waals surface area (Å²) in [4.78, 5) is 14.3. The van der Waals surface area contributed by atoms with E-state index in [0.717, 1.165) is 0 Å². The van der Waals surface area contributed by atoms with Gasteiger partial charge in [-0.15, -0.1) is 0 Å². The lowest BCUT2D eigenvalue weighted by Gasteiger charge is -1.84. The summed E-state index contributed by atoms with van der Waals surface area (Å²) >= 11 is 5.13. The third-order valence-corrected chi connectivity index (χ3v) is 1.68. The average molecular weight is 200 g/mol. The molecule has 13 heavy (non-hydrogen) atoms. The SMILES string of the molecule is O=C(Cl)c1nc2cc(F)ccc2o1. The highest BCUT2D eigenvalue weighted by Crippen LogP contribution is 2.17. The minimum Gasteiger partial charge on any atom is -0.433 e. The van der Waals surface area contributed by atoms with E-state index < -0.39 is 11.1 Å². The van der Waals surface area contributed by atoms with Crippen molar-refractivity contribution in [3.8, 4) is 0 Å². The third-order valence-electron chi connectivity index (χ3n) is 1.52. The van der Waals surface area contributed by atoms with Gasteiger partial charge in [0.25, 0.3) is 5.89 Å². The molecule has 5 heteroatoms. The Balaban J connectivity index is 2.68. The molecule has 0 spiro atoms. The minimum atomic E-state index is -0.795. The molecule has 2 rings (SSSR count). The van der Waals surface area contributed by atoms with Gasteiger partial charge < -0.3 is 4.42 Å². The molecule has 3 nitrogen and oxygen atoms in total. The van der Waals surface area contributed by atoms with Gasteiger partial charge in [-0.2, -0.15) is 0 Å². The monoisotopic (exact) mass is 199 g/mol. The molecule has 2 aromatic rings. The summed E-state index contributed by atoms with van der Waals surface area (Å²) in [7, 11) is 0. The maximum atomic E-state index is 12.6. The van der Waals surface area contributed by atoms with E-state index >= 15 is 0 Å². The zero-order valence-electron chi connectivity index (χ0n) is 6.25. The molecule has 0 aliphatic carbocycles. The number of carbonyl (C=O) groups excluding carboxylic acids is 1. The topological polar surface area (TPSA) is 43.1 Å². The van der Waals surface area contributed by atoms with Gasteiger partial charge in [0.15, 0.2) is 5.58 Å². The Morgan fingerprint density at radius 3 is 3.00 bits per heavy atom. The second-order valence-corrected chi connectivity index (χ2v) is 2.75. The number of hydrogen-bond donors (Lipinski definition) is 0. The van der Waals surface area contributed by atoms with Crippen LogP contribution in [-0.2, 0) is 0 Å². The number of benzene rings is 1. The lowest BCUT2D eigenvalue weighted by molar-refractivity contribution is 0.105. The Labute approximate surface area is 77.1 Å². The Bertz CT molecular complexity index is 480. The van der Waals surface area contributed by atoms with E-state index in [9.17, 15) is 9.18 Å². The third kappa shape index (κ3) is 1.40. The largest absolute Gasteiger partial charge is 0.433 e. The van der Waals surface area contributed by atoms with E-state index in [-0.39, 0.29) is 11.4 Å². The molecule has 0 bridgehead atoms. The van der Waals surface area contributed by atoms with Crippen LogP contribution in [0.2, 0.25) is 0 Å². The zero-order chi connectivity index (χ0) is 9.42.